The lowest BCUT2D eigenvalue weighted by Crippen LogP contribution is -2.59. The van der Waals surface area contributed by atoms with E-state index >= 15 is 0 Å². The van der Waals surface area contributed by atoms with Crippen molar-refractivity contribution in [3.8, 4) is 0 Å². The summed E-state index contributed by atoms with van der Waals surface area (Å²) in [6, 6.07) is 11.5. The molecule has 1 atom stereocenters. The van der Waals surface area contributed by atoms with E-state index in [-0.39, 0.29) is 11.5 Å². The van der Waals surface area contributed by atoms with Crippen molar-refractivity contribution in [2.24, 2.45) is 7.05 Å². The molecule has 0 saturated carbocycles. The van der Waals surface area contributed by atoms with Crippen LogP contribution in [0.1, 0.15) is 36.5 Å². The van der Waals surface area contributed by atoms with Gasteiger partial charge in [-0.15, -0.1) is 0 Å². The number of piperazine rings is 1. The molecule has 0 bridgehead atoms. The number of pyridine rings is 1. The van der Waals surface area contributed by atoms with Crippen LogP contribution in [0, 0.1) is 0 Å². The molecule has 35 heavy (non-hydrogen) atoms. The van der Waals surface area contributed by atoms with E-state index in [0.29, 0.717) is 39.7 Å². The maximum absolute atomic E-state index is 12.9. The Balaban J connectivity index is 1.26. The number of amides is 1. The van der Waals surface area contributed by atoms with Crippen molar-refractivity contribution in [3.63, 3.8) is 0 Å². The van der Waals surface area contributed by atoms with E-state index < -0.39 is 0 Å². The Labute approximate surface area is 210 Å². The predicted octanol–water partition coefficient (Wildman–Crippen LogP) is 3.19. The average Bonchev–Trinajstić information content (AvgIpc) is 2.90. The van der Waals surface area contributed by atoms with Crippen LogP contribution in [0.25, 0.3) is 11.0 Å². The van der Waals surface area contributed by atoms with E-state index in [4.69, 9.17) is 16.6 Å². The van der Waals surface area contributed by atoms with Crippen molar-refractivity contribution in [3.05, 3.63) is 63.5 Å². The lowest BCUT2D eigenvalue weighted by atomic mass is 9.97. The summed E-state index contributed by atoms with van der Waals surface area (Å²) in [7, 11) is 1.79. The van der Waals surface area contributed by atoms with Crippen molar-refractivity contribution in [2.45, 2.75) is 38.3 Å². The minimum Gasteiger partial charge on any atom is -0.339 e. The van der Waals surface area contributed by atoms with Gasteiger partial charge in [0.25, 0.3) is 11.5 Å². The molecule has 3 aromatic rings. The summed E-state index contributed by atoms with van der Waals surface area (Å²) in [5, 5.41) is 1.18. The lowest BCUT2D eigenvalue weighted by Gasteiger charge is -2.47. The molecular weight excluding hydrogens is 464 g/mol. The van der Waals surface area contributed by atoms with Crippen LogP contribution in [-0.2, 0) is 7.05 Å². The average molecular weight is 495 g/mol. The van der Waals surface area contributed by atoms with Gasteiger partial charge in [0.15, 0.2) is 5.65 Å². The number of fused-ring (bicyclic) bond motifs is 1. The highest BCUT2D eigenvalue weighted by atomic mass is 35.5. The van der Waals surface area contributed by atoms with Gasteiger partial charge in [-0.25, -0.2) is 4.98 Å². The third-order valence-corrected chi connectivity index (χ3v) is 7.67. The fraction of sp³-hybridized carbons (Fsp3) is 0.462. The number of aromatic nitrogens is 3. The van der Waals surface area contributed by atoms with Crippen molar-refractivity contribution < 1.29 is 4.79 Å². The smallest absolute Gasteiger partial charge is 0.264 e. The highest BCUT2D eigenvalue weighted by Crippen LogP contribution is 2.26. The molecule has 2 saturated heterocycles. The molecule has 9 heteroatoms. The largest absolute Gasteiger partial charge is 0.339 e. The zero-order chi connectivity index (χ0) is 24.5. The molecule has 0 aliphatic carbocycles. The first-order valence-corrected chi connectivity index (χ1v) is 12.7. The number of carbonyl (C=O) groups excluding carboxylic acids is 1. The van der Waals surface area contributed by atoms with Gasteiger partial charge in [-0.2, -0.15) is 4.98 Å². The van der Waals surface area contributed by atoms with E-state index in [0.717, 1.165) is 52.0 Å². The van der Waals surface area contributed by atoms with Crippen LogP contribution < -0.4 is 10.5 Å². The van der Waals surface area contributed by atoms with E-state index in [1.54, 1.807) is 54.2 Å². The highest BCUT2D eigenvalue weighted by Gasteiger charge is 2.35. The molecule has 1 unspecified atom stereocenters. The summed E-state index contributed by atoms with van der Waals surface area (Å²) in [5.74, 6) is 0.761. The molecule has 0 spiro atoms. The van der Waals surface area contributed by atoms with Crippen molar-refractivity contribution >= 4 is 34.5 Å². The second kappa shape index (κ2) is 9.95. The van der Waals surface area contributed by atoms with Crippen molar-refractivity contribution in [1.82, 2.24) is 24.3 Å². The summed E-state index contributed by atoms with van der Waals surface area (Å²) >= 11 is 5.97. The van der Waals surface area contributed by atoms with E-state index in [9.17, 15) is 9.59 Å². The second-order valence-electron chi connectivity index (χ2n) is 9.43. The van der Waals surface area contributed by atoms with Crippen LogP contribution in [0.15, 0.2) is 47.4 Å². The summed E-state index contributed by atoms with van der Waals surface area (Å²) in [5.41, 5.74) is 1.13. The summed E-state index contributed by atoms with van der Waals surface area (Å²) in [6.45, 7) is 6.27. The monoisotopic (exact) mass is 494 g/mol. The van der Waals surface area contributed by atoms with Gasteiger partial charge < -0.3 is 9.80 Å². The van der Waals surface area contributed by atoms with Crippen LogP contribution in [0.2, 0.25) is 5.02 Å². The number of carbonyl (C=O) groups is 1. The zero-order valence-corrected chi connectivity index (χ0v) is 21.0. The molecule has 0 radical (unpaired) electrons. The first-order valence-electron chi connectivity index (χ1n) is 12.3. The Kier molecular flexibility index (Phi) is 6.75. The van der Waals surface area contributed by atoms with E-state index in [2.05, 4.69) is 21.7 Å². The molecule has 4 heterocycles. The SMILES string of the molecule is CCC1CN(c2nc3ncccc3c(=O)n2C)CCN1C1CCN(C(=O)c2ccc(Cl)cc2)CC1. The van der Waals surface area contributed by atoms with Gasteiger partial charge in [0.1, 0.15) is 0 Å². The topological polar surface area (TPSA) is 74.6 Å². The predicted molar refractivity (Wildman–Crippen MR) is 138 cm³/mol. The Morgan fingerprint density at radius 3 is 2.54 bits per heavy atom. The molecule has 0 N–H and O–H groups in total. The summed E-state index contributed by atoms with van der Waals surface area (Å²) in [4.78, 5) is 41.6. The number of hydrogen-bond acceptors (Lipinski definition) is 6. The Hall–Kier alpha value is -2.97. The number of piperidine rings is 1. The summed E-state index contributed by atoms with van der Waals surface area (Å²) in [6.07, 6.45) is 4.62. The molecular formula is C26H31ClN6O2. The molecule has 1 aromatic carbocycles. The quantitative estimate of drug-likeness (QED) is 0.554. The number of likely N-dealkylation sites (tertiary alicyclic amines) is 1. The number of anilines is 1. The fourth-order valence-electron chi connectivity index (χ4n) is 5.45. The maximum Gasteiger partial charge on any atom is 0.264 e. The number of hydrogen-bond donors (Lipinski definition) is 0. The van der Waals surface area contributed by atoms with Gasteiger partial charge in [0.2, 0.25) is 5.95 Å². The molecule has 2 fully saturated rings. The number of rotatable bonds is 4. The van der Waals surface area contributed by atoms with Gasteiger partial charge in [0.05, 0.1) is 5.39 Å². The van der Waals surface area contributed by atoms with Crippen LogP contribution in [0.3, 0.4) is 0 Å². The van der Waals surface area contributed by atoms with Crippen LogP contribution in [-0.4, -0.2) is 75.0 Å². The Bertz CT molecular complexity index is 1270. The van der Waals surface area contributed by atoms with Crippen LogP contribution in [0.4, 0.5) is 5.95 Å². The normalized spacial score (nSPS) is 19.9. The highest BCUT2D eigenvalue weighted by molar-refractivity contribution is 6.30. The third kappa shape index (κ3) is 4.65. The second-order valence-corrected chi connectivity index (χ2v) is 9.86. The zero-order valence-electron chi connectivity index (χ0n) is 20.2. The first kappa shape index (κ1) is 23.8. The third-order valence-electron chi connectivity index (χ3n) is 7.42. The maximum atomic E-state index is 12.9. The van der Waals surface area contributed by atoms with Gasteiger partial charge >= 0.3 is 0 Å². The lowest BCUT2D eigenvalue weighted by molar-refractivity contribution is 0.0489. The molecule has 5 rings (SSSR count). The van der Waals surface area contributed by atoms with Crippen molar-refractivity contribution in [2.75, 3.05) is 37.6 Å². The van der Waals surface area contributed by atoms with E-state index in [1.807, 2.05) is 4.90 Å². The van der Waals surface area contributed by atoms with Gasteiger partial charge in [-0.1, -0.05) is 18.5 Å². The molecule has 2 aliphatic rings. The Morgan fingerprint density at radius 1 is 1.09 bits per heavy atom. The molecule has 184 valence electrons. The standard InChI is InChI=1S/C26H31ClN6O2/c1-3-20-17-32(26-29-23-22(5-4-12-28-23)25(35)30(26)2)15-16-33(20)21-10-13-31(14-11-21)24(34)18-6-8-19(27)9-7-18/h4-9,12,20-21H,3,10-11,13-17H2,1-2H3. The molecule has 1 amide bonds. The number of nitrogens with zero attached hydrogens (tertiary/aromatic N) is 6. The van der Waals surface area contributed by atoms with E-state index in [1.165, 1.54) is 0 Å². The molecule has 2 aliphatic heterocycles. The minimum atomic E-state index is -0.0636. The summed E-state index contributed by atoms with van der Waals surface area (Å²) < 4.78 is 1.65. The van der Waals surface area contributed by atoms with Crippen LogP contribution in [0.5, 0.6) is 0 Å². The van der Waals surface area contributed by atoms with Gasteiger partial charge in [-0.05, 0) is 55.7 Å². The van der Waals surface area contributed by atoms with Crippen molar-refractivity contribution in [1.29, 1.82) is 0 Å². The minimum absolute atomic E-state index is 0.0636. The van der Waals surface area contributed by atoms with Gasteiger partial charge in [0, 0.05) is 68.6 Å². The van der Waals surface area contributed by atoms with Gasteiger partial charge in [-0.3, -0.25) is 19.1 Å². The molecule has 2 aromatic heterocycles. The fourth-order valence-corrected chi connectivity index (χ4v) is 5.57. The number of benzene rings is 1. The molecule has 8 nitrogen and oxygen atoms in total. The number of halogens is 1. The van der Waals surface area contributed by atoms with Crippen LogP contribution >= 0.6 is 11.6 Å². The Morgan fingerprint density at radius 2 is 1.83 bits per heavy atom. The first-order chi connectivity index (χ1) is 17.0.